The number of hydrogen-bond donors (Lipinski definition) is 0. The number of rotatable bonds is 2. The lowest BCUT2D eigenvalue weighted by Gasteiger charge is -1.88. The minimum atomic E-state index is -0.476. The molecular formula is C6H4ClFOS. The predicted octanol–water partition coefficient (Wildman–Crippen LogP) is 2.31. The van der Waals surface area contributed by atoms with Gasteiger partial charge >= 0.3 is 0 Å². The van der Waals surface area contributed by atoms with Gasteiger partial charge in [0.15, 0.2) is 5.78 Å². The first-order valence-corrected chi connectivity index (χ1v) is 3.99. The van der Waals surface area contributed by atoms with E-state index in [0.717, 1.165) is 11.3 Å². The topological polar surface area (TPSA) is 17.1 Å². The summed E-state index contributed by atoms with van der Waals surface area (Å²) in [6.45, 7) is 0. The molecule has 4 heteroatoms. The number of alkyl halides is 1. The lowest BCUT2D eigenvalue weighted by Crippen LogP contribution is -1.98. The Kier molecular flexibility index (Phi) is 2.40. The highest BCUT2D eigenvalue weighted by molar-refractivity contribution is 7.12. The van der Waals surface area contributed by atoms with Gasteiger partial charge in [0, 0.05) is 0 Å². The second kappa shape index (κ2) is 3.12. The molecule has 0 aliphatic carbocycles. The zero-order valence-electron chi connectivity index (χ0n) is 4.93. The van der Waals surface area contributed by atoms with Crippen molar-refractivity contribution in [3.63, 3.8) is 0 Å². The van der Waals surface area contributed by atoms with Gasteiger partial charge in [-0.15, -0.1) is 22.9 Å². The number of thiophene rings is 1. The number of Topliss-reactive ketones (excluding diaryl/α,β-unsaturated/α-hetero) is 1. The fourth-order valence-corrected chi connectivity index (χ4v) is 1.47. The molecule has 1 aromatic rings. The van der Waals surface area contributed by atoms with Crippen LogP contribution in [0.4, 0.5) is 4.39 Å². The van der Waals surface area contributed by atoms with Crippen molar-refractivity contribution >= 4 is 28.7 Å². The van der Waals surface area contributed by atoms with Gasteiger partial charge in [0.2, 0.25) is 0 Å². The van der Waals surface area contributed by atoms with E-state index in [0.29, 0.717) is 0 Å². The normalized spacial score (nSPS) is 9.80. The van der Waals surface area contributed by atoms with E-state index in [2.05, 4.69) is 0 Å². The van der Waals surface area contributed by atoms with Crippen LogP contribution in [0.1, 0.15) is 9.67 Å². The minimum absolute atomic E-state index is 0.120. The van der Waals surface area contributed by atoms with Gasteiger partial charge in [-0.25, -0.2) is 4.39 Å². The van der Waals surface area contributed by atoms with Crippen LogP contribution in [0.25, 0.3) is 0 Å². The van der Waals surface area contributed by atoms with Crippen LogP contribution in [0.2, 0.25) is 0 Å². The molecule has 0 radical (unpaired) electrons. The predicted molar refractivity (Wildman–Crippen MR) is 39.3 cm³/mol. The first-order chi connectivity index (χ1) is 4.75. The van der Waals surface area contributed by atoms with Gasteiger partial charge in [-0.2, -0.15) is 0 Å². The van der Waals surface area contributed by atoms with Gasteiger partial charge in [-0.3, -0.25) is 4.79 Å². The summed E-state index contributed by atoms with van der Waals surface area (Å²) in [4.78, 5) is 10.9. The van der Waals surface area contributed by atoms with Crippen LogP contribution in [-0.4, -0.2) is 11.7 Å². The fraction of sp³-hybridized carbons (Fsp3) is 0.167. The third-order valence-corrected chi connectivity index (χ3v) is 2.17. The first kappa shape index (κ1) is 7.69. The average Bonchev–Trinajstić information content (AvgIpc) is 2.34. The second-order valence-electron chi connectivity index (χ2n) is 1.65. The number of hydrogen-bond acceptors (Lipinski definition) is 2. The summed E-state index contributed by atoms with van der Waals surface area (Å²) in [5, 5.41) is 1.52. The zero-order chi connectivity index (χ0) is 7.56. The number of ketones is 1. The smallest absolute Gasteiger partial charge is 0.190 e. The third kappa shape index (κ3) is 1.36. The van der Waals surface area contributed by atoms with E-state index in [1.807, 2.05) is 0 Å². The van der Waals surface area contributed by atoms with E-state index in [1.54, 1.807) is 0 Å². The fourth-order valence-electron chi connectivity index (χ4n) is 0.553. The van der Waals surface area contributed by atoms with Crippen LogP contribution >= 0.6 is 22.9 Å². The average molecular weight is 179 g/mol. The molecule has 0 saturated carbocycles. The third-order valence-electron chi connectivity index (χ3n) is 0.992. The summed E-state index contributed by atoms with van der Waals surface area (Å²) in [5.74, 6) is -0.984. The number of halogens is 2. The van der Waals surface area contributed by atoms with Crippen molar-refractivity contribution in [3.05, 3.63) is 22.1 Å². The standard InChI is InChI=1S/C6H4ClFOS/c7-3-5(9)6-4(8)1-2-10-6/h1-2H,3H2. The summed E-state index contributed by atoms with van der Waals surface area (Å²) in [6.07, 6.45) is 0. The van der Waals surface area contributed by atoms with Gasteiger partial charge in [0.05, 0.1) is 5.88 Å². The molecule has 0 N–H and O–H groups in total. The van der Waals surface area contributed by atoms with Crippen LogP contribution in [-0.2, 0) is 0 Å². The van der Waals surface area contributed by atoms with E-state index in [-0.39, 0.29) is 16.5 Å². The maximum absolute atomic E-state index is 12.5. The highest BCUT2D eigenvalue weighted by Gasteiger charge is 2.10. The first-order valence-electron chi connectivity index (χ1n) is 2.58. The molecule has 1 rings (SSSR count). The highest BCUT2D eigenvalue weighted by atomic mass is 35.5. The van der Waals surface area contributed by atoms with E-state index >= 15 is 0 Å². The Morgan fingerprint density at radius 3 is 2.90 bits per heavy atom. The quantitative estimate of drug-likeness (QED) is 0.502. The van der Waals surface area contributed by atoms with Crippen molar-refractivity contribution in [2.45, 2.75) is 0 Å². The maximum atomic E-state index is 12.5. The van der Waals surface area contributed by atoms with E-state index in [4.69, 9.17) is 11.6 Å². The van der Waals surface area contributed by atoms with Gasteiger partial charge < -0.3 is 0 Å². The molecule has 54 valence electrons. The zero-order valence-corrected chi connectivity index (χ0v) is 6.51. The van der Waals surface area contributed by atoms with E-state index in [9.17, 15) is 9.18 Å². The molecule has 0 fully saturated rings. The van der Waals surface area contributed by atoms with E-state index in [1.165, 1.54) is 11.4 Å². The van der Waals surface area contributed by atoms with Gasteiger partial charge in [-0.05, 0) is 11.4 Å². The molecule has 0 atom stereocenters. The Balaban J connectivity index is 2.93. The molecule has 1 heterocycles. The van der Waals surface area contributed by atoms with Crippen molar-refractivity contribution in [1.82, 2.24) is 0 Å². The lowest BCUT2D eigenvalue weighted by atomic mass is 10.3. The highest BCUT2D eigenvalue weighted by Crippen LogP contribution is 2.15. The Bertz CT molecular complexity index is 246. The Labute approximate surface area is 66.4 Å². The van der Waals surface area contributed by atoms with Crippen molar-refractivity contribution in [3.8, 4) is 0 Å². The largest absolute Gasteiger partial charge is 0.292 e. The van der Waals surface area contributed by atoms with Crippen molar-refractivity contribution in [1.29, 1.82) is 0 Å². The van der Waals surface area contributed by atoms with Crippen molar-refractivity contribution in [2.24, 2.45) is 0 Å². The Morgan fingerprint density at radius 2 is 2.50 bits per heavy atom. The molecule has 1 aromatic heterocycles. The molecule has 0 aliphatic heterocycles. The molecule has 0 aromatic carbocycles. The SMILES string of the molecule is O=C(CCl)c1sccc1F. The van der Waals surface area contributed by atoms with Gasteiger partial charge in [-0.1, -0.05) is 0 Å². The summed E-state index contributed by atoms with van der Waals surface area (Å²) in [5.41, 5.74) is 0. The second-order valence-corrected chi connectivity index (χ2v) is 2.84. The van der Waals surface area contributed by atoms with Crippen LogP contribution in [0, 0.1) is 5.82 Å². The summed E-state index contributed by atoms with van der Waals surface area (Å²) < 4.78 is 12.5. The van der Waals surface area contributed by atoms with Crippen LogP contribution in [0.5, 0.6) is 0 Å². The molecule has 0 amide bonds. The minimum Gasteiger partial charge on any atom is -0.292 e. The molecule has 0 saturated heterocycles. The molecule has 0 spiro atoms. The van der Waals surface area contributed by atoms with Gasteiger partial charge in [0.1, 0.15) is 10.7 Å². The van der Waals surface area contributed by atoms with Crippen molar-refractivity contribution in [2.75, 3.05) is 5.88 Å². The van der Waals surface area contributed by atoms with Crippen molar-refractivity contribution < 1.29 is 9.18 Å². The molecule has 0 bridgehead atoms. The molecule has 0 unspecified atom stereocenters. The Morgan fingerprint density at radius 1 is 1.80 bits per heavy atom. The summed E-state index contributed by atoms with van der Waals surface area (Å²) >= 11 is 6.28. The van der Waals surface area contributed by atoms with Crippen LogP contribution < -0.4 is 0 Å². The van der Waals surface area contributed by atoms with E-state index < -0.39 is 5.82 Å². The monoisotopic (exact) mass is 178 g/mol. The molecular weight excluding hydrogens is 175 g/mol. The molecule has 0 aliphatic rings. The summed E-state index contributed by atoms with van der Waals surface area (Å²) in [6, 6.07) is 1.25. The maximum Gasteiger partial charge on any atom is 0.190 e. The van der Waals surface area contributed by atoms with Crippen LogP contribution in [0.3, 0.4) is 0 Å². The number of carbonyl (C=O) groups is 1. The summed E-state index contributed by atoms with van der Waals surface area (Å²) in [7, 11) is 0. The molecule has 10 heavy (non-hydrogen) atoms. The molecule has 1 nitrogen and oxygen atoms in total. The Hall–Kier alpha value is -0.410. The van der Waals surface area contributed by atoms with Gasteiger partial charge in [0.25, 0.3) is 0 Å². The number of carbonyl (C=O) groups excluding carboxylic acids is 1. The van der Waals surface area contributed by atoms with Crippen LogP contribution in [0.15, 0.2) is 11.4 Å². The lowest BCUT2D eigenvalue weighted by molar-refractivity contribution is 0.102.